The molecule has 6 nitrogen and oxygen atoms in total. The average molecular weight is 300 g/mol. The first-order valence-electron chi connectivity index (χ1n) is 7.30. The Hall–Kier alpha value is -0.920. The second-order valence-electron chi connectivity index (χ2n) is 5.30. The molecule has 20 heavy (non-hydrogen) atoms. The highest BCUT2D eigenvalue weighted by atomic mass is 32.2. The van der Waals surface area contributed by atoms with Crippen molar-refractivity contribution in [1.82, 2.24) is 19.6 Å². The molecule has 0 spiro atoms. The molecule has 1 unspecified atom stereocenters. The highest BCUT2D eigenvalue weighted by Gasteiger charge is 2.34. The van der Waals surface area contributed by atoms with Crippen molar-refractivity contribution in [3.63, 3.8) is 0 Å². The van der Waals surface area contributed by atoms with Crippen molar-refractivity contribution in [3.8, 4) is 0 Å². The standard InChI is InChI=1S/C13H24N4O2S/c1-3-7-14-9-12-6-4-5-8-17(12)20(18,19)13-10-15-11(2)16-13/h10,12,14H,3-9H2,1-2H3,(H,15,16). The number of hydrogen-bond donors (Lipinski definition) is 2. The van der Waals surface area contributed by atoms with Crippen LogP contribution in [0.1, 0.15) is 38.4 Å². The van der Waals surface area contributed by atoms with Gasteiger partial charge in [-0.15, -0.1) is 0 Å². The summed E-state index contributed by atoms with van der Waals surface area (Å²) in [4.78, 5) is 6.84. The normalized spacial score (nSPS) is 21.2. The van der Waals surface area contributed by atoms with Gasteiger partial charge in [-0.05, 0) is 32.7 Å². The molecule has 0 radical (unpaired) electrons. The number of nitrogens with zero attached hydrogens (tertiary/aromatic N) is 2. The van der Waals surface area contributed by atoms with Crippen LogP contribution in [0.4, 0.5) is 0 Å². The van der Waals surface area contributed by atoms with E-state index < -0.39 is 10.0 Å². The third-order valence-corrected chi connectivity index (χ3v) is 5.51. The first-order valence-corrected chi connectivity index (χ1v) is 8.74. The highest BCUT2D eigenvalue weighted by molar-refractivity contribution is 7.89. The third kappa shape index (κ3) is 3.39. The maximum atomic E-state index is 12.7. The second-order valence-corrected chi connectivity index (χ2v) is 7.16. The zero-order valence-corrected chi connectivity index (χ0v) is 13.0. The molecule has 0 amide bonds. The summed E-state index contributed by atoms with van der Waals surface area (Å²) >= 11 is 0. The number of H-pyrrole nitrogens is 1. The van der Waals surface area contributed by atoms with Crippen LogP contribution in [-0.4, -0.2) is 48.4 Å². The summed E-state index contributed by atoms with van der Waals surface area (Å²) in [5, 5.41) is 3.54. The van der Waals surface area contributed by atoms with Gasteiger partial charge in [0.2, 0.25) is 0 Å². The Kier molecular flexibility index (Phi) is 5.17. The van der Waals surface area contributed by atoms with Crippen LogP contribution in [-0.2, 0) is 10.0 Å². The Morgan fingerprint density at radius 1 is 1.50 bits per heavy atom. The van der Waals surface area contributed by atoms with Gasteiger partial charge in [0.05, 0.1) is 6.20 Å². The maximum absolute atomic E-state index is 12.7. The SMILES string of the molecule is CCCNCC1CCCCN1S(=O)(=O)c1cnc(C)[nH]1. The molecule has 1 fully saturated rings. The summed E-state index contributed by atoms with van der Waals surface area (Å²) < 4.78 is 27.0. The lowest BCUT2D eigenvalue weighted by Crippen LogP contribution is -2.48. The van der Waals surface area contributed by atoms with Crippen LogP contribution >= 0.6 is 0 Å². The molecular weight excluding hydrogens is 276 g/mol. The van der Waals surface area contributed by atoms with Crippen LogP contribution in [0.2, 0.25) is 0 Å². The van der Waals surface area contributed by atoms with E-state index in [2.05, 4.69) is 22.2 Å². The quantitative estimate of drug-likeness (QED) is 0.775. The summed E-state index contributed by atoms with van der Waals surface area (Å²) in [7, 11) is -3.45. The van der Waals surface area contributed by atoms with Gasteiger partial charge < -0.3 is 10.3 Å². The van der Waals surface area contributed by atoms with Crippen molar-refractivity contribution < 1.29 is 8.42 Å². The van der Waals surface area contributed by atoms with Gasteiger partial charge in [-0.25, -0.2) is 13.4 Å². The smallest absolute Gasteiger partial charge is 0.260 e. The summed E-state index contributed by atoms with van der Waals surface area (Å²) in [6.45, 7) is 6.11. The minimum Gasteiger partial charge on any atom is -0.332 e. The summed E-state index contributed by atoms with van der Waals surface area (Å²) in [5.41, 5.74) is 0. The Morgan fingerprint density at radius 2 is 2.30 bits per heavy atom. The van der Waals surface area contributed by atoms with Crippen LogP contribution < -0.4 is 5.32 Å². The van der Waals surface area contributed by atoms with E-state index in [1.165, 1.54) is 6.20 Å². The van der Waals surface area contributed by atoms with Gasteiger partial charge in [0.15, 0.2) is 5.03 Å². The van der Waals surface area contributed by atoms with Gasteiger partial charge in [0.25, 0.3) is 10.0 Å². The van der Waals surface area contributed by atoms with Gasteiger partial charge in [0.1, 0.15) is 5.82 Å². The highest BCUT2D eigenvalue weighted by Crippen LogP contribution is 2.24. The Morgan fingerprint density at radius 3 is 2.95 bits per heavy atom. The minimum atomic E-state index is -3.45. The lowest BCUT2D eigenvalue weighted by atomic mass is 10.1. The van der Waals surface area contributed by atoms with Gasteiger partial charge in [0, 0.05) is 19.1 Å². The molecule has 114 valence electrons. The number of nitrogens with one attached hydrogen (secondary N) is 2. The number of aromatic amines is 1. The van der Waals surface area contributed by atoms with E-state index in [9.17, 15) is 8.42 Å². The fraction of sp³-hybridized carbons (Fsp3) is 0.769. The molecule has 1 atom stereocenters. The van der Waals surface area contributed by atoms with Crippen LogP contribution in [0, 0.1) is 6.92 Å². The predicted molar refractivity (Wildman–Crippen MR) is 78.0 cm³/mol. The van der Waals surface area contributed by atoms with E-state index in [1.54, 1.807) is 11.2 Å². The number of rotatable bonds is 6. The van der Waals surface area contributed by atoms with E-state index in [4.69, 9.17) is 0 Å². The third-order valence-electron chi connectivity index (χ3n) is 3.65. The molecule has 1 saturated heterocycles. The van der Waals surface area contributed by atoms with E-state index in [1.807, 2.05) is 0 Å². The van der Waals surface area contributed by atoms with Crippen molar-refractivity contribution in [2.75, 3.05) is 19.6 Å². The monoisotopic (exact) mass is 300 g/mol. The van der Waals surface area contributed by atoms with Crippen molar-refractivity contribution in [1.29, 1.82) is 0 Å². The van der Waals surface area contributed by atoms with E-state index >= 15 is 0 Å². The number of piperidine rings is 1. The van der Waals surface area contributed by atoms with Crippen molar-refractivity contribution >= 4 is 10.0 Å². The number of hydrogen-bond acceptors (Lipinski definition) is 4. The first kappa shape index (κ1) is 15.5. The number of aryl methyl sites for hydroxylation is 1. The molecule has 0 bridgehead atoms. The average Bonchev–Trinajstić information content (AvgIpc) is 2.87. The van der Waals surface area contributed by atoms with Crippen LogP contribution in [0.5, 0.6) is 0 Å². The molecule has 2 N–H and O–H groups in total. The second kappa shape index (κ2) is 6.69. The van der Waals surface area contributed by atoms with Crippen molar-refractivity contribution in [2.24, 2.45) is 0 Å². The topological polar surface area (TPSA) is 78.1 Å². The van der Waals surface area contributed by atoms with Gasteiger partial charge in [-0.1, -0.05) is 13.3 Å². The molecule has 0 aromatic carbocycles. The molecule has 2 heterocycles. The summed E-state index contributed by atoms with van der Waals surface area (Å²) in [5.74, 6) is 0.626. The molecular formula is C13H24N4O2S. The summed E-state index contributed by atoms with van der Waals surface area (Å²) in [6, 6.07) is 0.0453. The zero-order chi connectivity index (χ0) is 14.6. The Bertz CT molecular complexity index is 526. The van der Waals surface area contributed by atoms with Crippen LogP contribution in [0.3, 0.4) is 0 Å². The lowest BCUT2D eigenvalue weighted by molar-refractivity contribution is 0.245. The van der Waals surface area contributed by atoms with Crippen LogP contribution in [0.25, 0.3) is 0 Å². The molecule has 1 aliphatic heterocycles. The lowest BCUT2D eigenvalue weighted by Gasteiger charge is -2.34. The van der Waals surface area contributed by atoms with E-state index in [0.717, 1.165) is 38.8 Å². The number of imidazole rings is 1. The van der Waals surface area contributed by atoms with Gasteiger partial charge in [-0.3, -0.25) is 0 Å². The van der Waals surface area contributed by atoms with Gasteiger partial charge >= 0.3 is 0 Å². The molecule has 0 saturated carbocycles. The van der Waals surface area contributed by atoms with Crippen molar-refractivity contribution in [3.05, 3.63) is 12.0 Å². The maximum Gasteiger partial charge on any atom is 0.260 e. The number of aromatic nitrogens is 2. The molecule has 2 rings (SSSR count). The Labute approximate surface area is 121 Å². The zero-order valence-electron chi connectivity index (χ0n) is 12.2. The van der Waals surface area contributed by atoms with Crippen molar-refractivity contribution in [2.45, 2.75) is 50.6 Å². The van der Waals surface area contributed by atoms with Gasteiger partial charge in [-0.2, -0.15) is 4.31 Å². The summed E-state index contributed by atoms with van der Waals surface area (Å²) in [6.07, 6.45) is 5.40. The fourth-order valence-electron chi connectivity index (χ4n) is 2.60. The first-order chi connectivity index (χ1) is 9.55. The molecule has 1 aromatic heterocycles. The van der Waals surface area contributed by atoms with E-state index in [-0.39, 0.29) is 11.1 Å². The fourth-order valence-corrected chi connectivity index (χ4v) is 4.25. The Balaban J connectivity index is 2.14. The van der Waals surface area contributed by atoms with Crippen LogP contribution in [0.15, 0.2) is 11.2 Å². The molecule has 0 aliphatic carbocycles. The molecule has 7 heteroatoms. The van der Waals surface area contributed by atoms with E-state index in [0.29, 0.717) is 12.4 Å². The molecule has 1 aliphatic rings. The number of sulfonamides is 1. The molecule has 1 aromatic rings. The minimum absolute atomic E-state index is 0.0453. The largest absolute Gasteiger partial charge is 0.332 e. The predicted octanol–water partition coefficient (Wildman–Crippen LogP) is 1.26.